The third-order valence-corrected chi connectivity index (χ3v) is 3.99. The molecule has 0 spiro atoms. The third-order valence-electron chi connectivity index (χ3n) is 3.99. The molecular formula is C14H21N3O3. The first kappa shape index (κ1) is 14.6. The molecule has 1 saturated carbocycles. The third kappa shape index (κ3) is 2.69. The van der Waals surface area contributed by atoms with E-state index in [0.717, 1.165) is 29.8 Å². The molecule has 1 aliphatic carbocycles. The Balaban J connectivity index is 2.18. The van der Waals surface area contributed by atoms with Gasteiger partial charge in [-0.05, 0) is 33.6 Å². The lowest BCUT2D eigenvalue weighted by Gasteiger charge is -2.26. The van der Waals surface area contributed by atoms with E-state index < -0.39 is 12.0 Å². The number of amides is 1. The van der Waals surface area contributed by atoms with Crippen LogP contribution in [-0.4, -0.2) is 43.7 Å². The first-order valence-corrected chi connectivity index (χ1v) is 6.86. The Labute approximate surface area is 118 Å². The van der Waals surface area contributed by atoms with Gasteiger partial charge in [0.05, 0.1) is 12.1 Å². The van der Waals surface area contributed by atoms with E-state index in [1.165, 1.54) is 4.90 Å². The zero-order valence-electron chi connectivity index (χ0n) is 12.4. The number of hydrogen-bond donors (Lipinski definition) is 1. The predicted octanol–water partition coefficient (Wildman–Crippen LogP) is 1.04. The molecule has 20 heavy (non-hydrogen) atoms. The number of rotatable bonds is 5. The second-order valence-electron chi connectivity index (χ2n) is 5.50. The average Bonchev–Trinajstić information content (AvgIpc) is 3.15. The highest BCUT2D eigenvalue weighted by Gasteiger charge is 2.38. The molecule has 6 heteroatoms. The average molecular weight is 279 g/mol. The molecule has 1 aromatic rings. The topological polar surface area (TPSA) is 75.4 Å². The van der Waals surface area contributed by atoms with Crippen LogP contribution >= 0.6 is 0 Å². The van der Waals surface area contributed by atoms with E-state index in [0.29, 0.717) is 0 Å². The number of carbonyl (C=O) groups is 2. The number of carbonyl (C=O) groups excluding carboxylic acids is 1. The van der Waals surface area contributed by atoms with E-state index in [4.69, 9.17) is 5.11 Å². The molecule has 0 radical (unpaired) electrons. The van der Waals surface area contributed by atoms with Crippen molar-refractivity contribution in [2.24, 2.45) is 7.05 Å². The summed E-state index contributed by atoms with van der Waals surface area (Å²) in [5.74, 6) is -1.08. The van der Waals surface area contributed by atoms with E-state index in [-0.39, 0.29) is 18.4 Å². The summed E-state index contributed by atoms with van der Waals surface area (Å²) in [6.45, 7) is 5.36. The Morgan fingerprint density at radius 3 is 2.45 bits per heavy atom. The summed E-state index contributed by atoms with van der Waals surface area (Å²) in [7, 11) is 1.84. The van der Waals surface area contributed by atoms with Gasteiger partial charge >= 0.3 is 5.97 Å². The molecule has 1 amide bonds. The number of aliphatic carboxylic acids is 1. The molecule has 1 atom stereocenters. The largest absolute Gasteiger partial charge is 0.480 e. The summed E-state index contributed by atoms with van der Waals surface area (Å²) < 4.78 is 1.75. The molecule has 1 aromatic heterocycles. The molecule has 6 nitrogen and oxygen atoms in total. The molecule has 2 rings (SSSR count). The van der Waals surface area contributed by atoms with Crippen LogP contribution in [0.3, 0.4) is 0 Å². The standard InChI is InChI=1S/C14H21N3O3/c1-8-12(9(2)16(4)15-8)7-13(18)17(11-5-6-11)10(3)14(19)20/h10-11H,5-7H2,1-4H3,(H,19,20). The summed E-state index contributed by atoms with van der Waals surface area (Å²) in [6.07, 6.45) is 2.02. The van der Waals surface area contributed by atoms with Crippen LogP contribution in [0.25, 0.3) is 0 Å². The summed E-state index contributed by atoms with van der Waals surface area (Å²) in [4.78, 5) is 25.2. The molecule has 0 aromatic carbocycles. The van der Waals surface area contributed by atoms with Gasteiger partial charge in [-0.1, -0.05) is 0 Å². The highest BCUT2D eigenvalue weighted by atomic mass is 16.4. The highest BCUT2D eigenvalue weighted by molar-refractivity contribution is 5.85. The van der Waals surface area contributed by atoms with Gasteiger partial charge < -0.3 is 10.0 Å². The van der Waals surface area contributed by atoms with Crippen LogP contribution in [0.1, 0.15) is 36.7 Å². The number of aryl methyl sites for hydroxylation is 2. The van der Waals surface area contributed by atoms with E-state index in [1.807, 2.05) is 20.9 Å². The Morgan fingerprint density at radius 2 is 2.05 bits per heavy atom. The molecule has 1 fully saturated rings. The fourth-order valence-electron chi connectivity index (χ4n) is 2.52. The maximum atomic E-state index is 12.5. The Morgan fingerprint density at radius 1 is 1.45 bits per heavy atom. The predicted molar refractivity (Wildman–Crippen MR) is 73.4 cm³/mol. The molecule has 1 aliphatic rings. The van der Waals surface area contributed by atoms with Crippen molar-refractivity contribution in [2.75, 3.05) is 0 Å². The highest BCUT2D eigenvalue weighted by Crippen LogP contribution is 2.30. The van der Waals surface area contributed by atoms with Crippen LogP contribution in [-0.2, 0) is 23.1 Å². The minimum atomic E-state index is -0.954. The van der Waals surface area contributed by atoms with E-state index in [2.05, 4.69) is 5.10 Å². The van der Waals surface area contributed by atoms with Gasteiger partial charge in [0.2, 0.25) is 5.91 Å². The first-order valence-electron chi connectivity index (χ1n) is 6.86. The van der Waals surface area contributed by atoms with Crippen molar-refractivity contribution < 1.29 is 14.7 Å². The second kappa shape index (κ2) is 5.26. The van der Waals surface area contributed by atoms with Crippen molar-refractivity contribution in [2.45, 2.75) is 52.1 Å². The molecule has 1 N–H and O–H groups in total. The zero-order valence-corrected chi connectivity index (χ0v) is 12.4. The van der Waals surface area contributed by atoms with Gasteiger partial charge in [-0.3, -0.25) is 9.48 Å². The number of nitrogens with zero attached hydrogens (tertiary/aromatic N) is 3. The number of carboxylic acid groups (broad SMARTS) is 1. The number of carboxylic acids is 1. The number of hydrogen-bond acceptors (Lipinski definition) is 3. The lowest BCUT2D eigenvalue weighted by atomic mass is 10.1. The maximum absolute atomic E-state index is 12.5. The van der Waals surface area contributed by atoms with Crippen molar-refractivity contribution in [3.63, 3.8) is 0 Å². The molecule has 1 unspecified atom stereocenters. The molecular weight excluding hydrogens is 258 g/mol. The minimum Gasteiger partial charge on any atom is -0.480 e. The summed E-state index contributed by atoms with van der Waals surface area (Å²) in [5.41, 5.74) is 2.69. The quantitative estimate of drug-likeness (QED) is 0.874. The van der Waals surface area contributed by atoms with Crippen molar-refractivity contribution in [1.29, 1.82) is 0 Å². The van der Waals surface area contributed by atoms with Gasteiger partial charge in [-0.15, -0.1) is 0 Å². The maximum Gasteiger partial charge on any atom is 0.326 e. The van der Waals surface area contributed by atoms with E-state index in [1.54, 1.807) is 11.6 Å². The minimum absolute atomic E-state index is 0.0888. The molecule has 1 heterocycles. The van der Waals surface area contributed by atoms with E-state index >= 15 is 0 Å². The summed E-state index contributed by atoms with van der Waals surface area (Å²) >= 11 is 0. The van der Waals surface area contributed by atoms with Gasteiger partial charge in [0.1, 0.15) is 6.04 Å². The Hall–Kier alpha value is -1.85. The monoisotopic (exact) mass is 279 g/mol. The molecule has 0 saturated heterocycles. The van der Waals surface area contributed by atoms with Crippen LogP contribution in [0.4, 0.5) is 0 Å². The van der Waals surface area contributed by atoms with Gasteiger partial charge in [0.15, 0.2) is 0 Å². The van der Waals surface area contributed by atoms with Crippen molar-refractivity contribution in [3.8, 4) is 0 Å². The van der Waals surface area contributed by atoms with Crippen molar-refractivity contribution in [1.82, 2.24) is 14.7 Å². The lowest BCUT2D eigenvalue weighted by molar-refractivity contribution is -0.149. The molecule has 0 bridgehead atoms. The van der Waals surface area contributed by atoms with Gasteiger partial charge in [-0.2, -0.15) is 5.10 Å². The van der Waals surface area contributed by atoms with Crippen LogP contribution < -0.4 is 0 Å². The van der Waals surface area contributed by atoms with Gasteiger partial charge in [-0.25, -0.2) is 4.79 Å². The lowest BCUT2D eigenvalue weighted by Crippen LogP contribution is -2.45. The SMILES string of the molecule is Cc1nn(C)c(C)c1CC(=O)N(C1CC1)C(C)C(=O)O. The van der Waals surface area contributed by atoms with Crippen LogP contribution in [0.15, 0.2) is 0 Å². The fourth-order valence-corrected chi connectivity index (χ4v) is 2.52. The summed E-state index contributed by atoms with van der Waals surface area (Å²) in [6, 6.07) is -0.682. The van der Waals surface area contributed by atoms with Crippen molar-refractivity contribution in [3.05, 3.63) is 17.0 Å². The van der Waals surface area contributed by atoms with Gasteiger partial charge in [0.25, 0.3) is 0 Å². The van der Waals surface area contributed by atoms with Crippen LogP contribution in [0.2, 0.25) is 0 Å². The van der Waals surface area contributed by atoms with E-state index in [9.17, 15) is 9.59 Å². The molecule has 110 valence electrons. The smallest absolute Gasteiger partial charge is 0.326 e. The number of aromatic nitrogens is 2. The Kier molecular flexibility index (Phi) is 3.83. The second-order valence-corrected chi connectivity index (χ2v) is 5.50. The van der Waals surface area contributed by atoms with Gasteiger partial charge in [0, 0.05) is 24.3 Å². The van der Waals surface area contributed by atoms with Crippen LogP contribution in [0.5, 0.6) is 0 Å². The Bertz CT molecular complexity index is 546. The van der Waals surface area contributed by atoms with Crippen LogP contribution in [0, 0.1) is 13.8 Å². The summed E-state index contributed by atoms with van der Waals surface area (Å²) in [5, 5.41) is 13.4. The molecule has 0 aliphatic heterocycles. The first-order chi connectivity index (χ1) is 9.32. The fraction of sp³-hybridized carbons (Fsp3) is 0.643. The van der Waals surface area contributed by atoms with Crippen molar-refractivity contribution >= 4 is 11.9 Å². The zero-order chi connectivity index (χ0) is 15.0. The normalized spacial score (nSPS) is 16.0.